The topological polar surface area (TPSA) is 272 Å². The lowest BCUT2D eigenvalue weighted by molar-refractivity contribution is -0.128. The Bertz CT molecular complexity index is 6760. The number of hydrogen-bond acceptors (Lipinski definition) is 13. The first-order valence-corrected chi connectivity index (χ1v) is 43.7. The fourth-order valence-corrected chi connectivity index (χ4v) is 24.3. The molecular formula is C93H75Cl6F3N12O10. The molecule has 12 atom stereocenters. The molecule has 3 saturated heterocycles. The quantitative estimate of drug-likeness (QED) is 0.0626. The third kappa shape index (κ3) is 11.3. The van der Waals surface area contributed by atoms with Crippen molar-refractivity contribution in [2.75, 3.05) is 42.7 Å². The fraction of sp³-hybridized carbons (Fsp3) is 0.323. The zero-order valence-electron chi connectivity index (χ0n) is 66.4. The molecule has 22 nitrogen and oxygen atoms in total. The van der Waals surface area contributed by atoms with Gasteiger partial charge in [-0.3, -0.25) is 43.1 Å². The van der Waals surface area contributed by atoms with Crippen LogP contribution in [0, 0.1) is 49.1 Å². The Labute approximate surface area is 736 Å². The van der Waals surface area contributed by atoms with Gasteiger partial charge >= 0.3 is 17.9 Å². The number of likely N-dealkylation sites (tertiary alicyclic amines) is 3. The number of benzene rings is 9. The van der Waals surface area contributed by atoms with E-state index in [2.05, 4.69) is 30.7 Å². The summed E-state index contributed by atoms with van der Waals surface area (Å²) in [5, 5.41) is 57.4. The van der Waals surface area contributed by atoms with Gasteiger partial charge in [-0.05, 0) is 183 Å². The van der Waals surface area contributed by atoms with Crippen LogP contribution in [0.5, 0.6) is 5.75 Å². The lowest BCUT2D eigenvalue weighted by Crippen LogP contribution is -2.53. The molecular weight excluding hydrogens is 1710 g/mol. The monoisotopic (exact) mass is 1790 g/mol. The summed E-state index contributed by atoms with van der Waals surface area (Å²) in [6, 6.07) is 39.5. The van der Waals surface area contributed by atoms with E-state index in [4.69, 9.17) is 89.6 Å². The highest BCUT2D eigenvalue weighted by atomic mass is 35.5. The molecule has 12 heterocycles. The molecule has 12 aliphatic rings. The maximum absolute atomic E-state index is 16.1. The number of carbonyl (C=O) groups is 6. The van der Waals surface area contributed by atoms with Gasteiger partial charge in [0, 0.05) is 157 Å². The maximum Gasteiger partial charge on any atom is 0.339 e. The van der Waals surface area contributed by atoms with Crippen LogP contribution >= 0.6 is 69.6 Å². The number of halogens is 9. The van der Waals surface area contributed by atoms with Gasteiger partial charge in [-0.25, -0.2) is 27.6 Å². The number of nitrogens with one attached hydrogen (secondary N) is 3. The van der Waals surface area contributed by atoms with Crippen LogP contribution in [0.3, 0.4) is 0 Å². The third-order valence-electron chi connectivity index (χ3n) is 28.7. The Balaban J connectivity index is 0.000000111. The molecule has 3 spiro atoms. The summed E-state index contributed by atoms with van der Waals surface area (Å²) in [5.41, 5.74) is 7.74. The van der Waals surface area contributed by atoms with Gasteiger partial charge in [-0.15, -0.1) is 0 Å². The van der Waals surface area contributed by atoms with Crippen molar-refractivity contribution >= 4 is 155 Å². The SMILES string of the molecule is COc1cc2c3n(nc2cc1C(=O)O)[C@@H]1[C@H](C3)N(CC2CC2)[C@@]2(C(=O)Nc3cc(Cl)ccc32)[C@H]1c1cccc(Cl)c1F.Cc1c(C(=O)O)ccc2c3n(nc12)[C@@H]1[C@H](C3)N(CC2CC2)[C@@]2(C(=O)Nc3cc(Cl)ccc32)[C@H]1c1cccc(Cl)c1F.Cc1cc2c3n(nc2cc1C(=O)O)[C@@H]1[C@H](C3)N(CC2CC2)[C@@]2(C(=O)Nc3cc(Cl)ccc32)[C@H]1c1cccc(Cl)c1F. The van der Waals surface area contributed by atoms with Crippen molar-refractivity contribution in [1.29, 1.82) is 0 Å². The highest BCUT2D eigenvalue weighted by molar-refractivity contribution is 6.33. The van der Waals surface area contributed by atoms with E-state index in [0.29, 0.717) is 133 Å². The fourth-order valence-electron chi connectivity index (χ4n) is 23.2. The molecule has 3 saturated carbocycles. The lowest BCUT2D eigenvalue weighted by atomic mass is 9.73. The normalized spacial score (nSPS) is 26.3. The van der Waals surface area contributed by atoms with Crippen molar-refractivity contribution < 1.29 is 62.0 Å². The van der Waals surface area contributed by atoms with Crippen molar-refractivity contribution in [3.05, 3.63) is 271 Å². The molecule has 6 fully saturated rings. The second kappa shape index (κ2) is 28.5. The molecule has 0 unspecified atom stereocenters. The van der Waals surface area contributed by atoms with Crippen molar-refractivity contribution in [3.8, 4) is 5.75 Å². The van der Waals surface area contributed by atoms with E-state index in [0.717, 1.165) is 88.5 Å². The number of hydrogen-bond donors (Lipinski definition) is 6. The second-order valence-corrected chi connectivity index (χ2v) is 37.7. The standard InChI is InChI=1S/C31H25Cl2FN4O4.2C31H25Cl2FN4O3/c1-42-25-11-17-21(10-18(25)29(39)40)36-38-23(17)12-24-28(38)26(16-3-2-4-20(33)27(16)34)31(37(24)13-14-5-6-14)19-8-7-15(32)9-22(19)35-30(31)41;1-14-17(29(39)40)8-9-18-23-12-24-28(38(23)36-27(14)18)25(19-3-2-4-21(33)26(19)34)31(37(24)13-15-5-6-15)20-10-7-16(32)11-22(20)35-30(31)41;1-14-9-19-22(11-18(14)29(39)40)36-38-24(19)12-25-28(38)26(17-3-2-4-21(33)27(17)34)31(37(25)13-15-5-6-15)20-8-7-16(32)10-23(20)35-30(31)41/h2-4,7-11,14,24,26,28H,5-6,12-13H2,1H3,(H,35,41)(H,39,40);2-4,7-11,15,24-25,28H,5-6,12-13H2,1H3,(H,35,41)(H,39,40);2-4,7-11,15,25-26,28H,5-6,12-13H2,1H3,(H,35,41)(H,39,40)/t24-,26-,28+,31+;24-,25-,28+,31+;25-,26-,28+,31+/m000/s1. The van der Waals surface area contributed by atoms with Gasteiger partial charge in [0.25, 0.3) is 0 Å². The molecule has 3 amide bonds. The summed E-state index contributed by atoms with van der Waals surface area (Å²) in [5.74, 6) is -5.91. The van der Waals surface area contributed by atoms with Crippen molar-refractivity contribution in [3.63, 3.8) is 0 Å². The average molecular weight is 1790 g/mol. The van der Waals surface area contributed by atoms with Crippen LogP contribution in [0.1, 0.15) is 167 Å². The van der Waals surface area contributed by atoms with Gasteiger partial charge in [0.1, 0.15) is 45.4 Å². The number of methoxy groups -OCH3 is 1. The number of carboxylic acid groups (broad SMARTS) is 3. The minimum atomic E-state index is -1.23. The number of anilines is 3. The van der Waals surface area contributed by atoms with E-state index >= 15 is 13.2 Å². The molecule has 0 bridgehead atoms. The second-order valence-electron chi connectivity index (χ2n) is 35.1. The zero-order chi connectivity index (χ0) is 85.8. The van der Waals surface area contributed by atoms with Crippen LogP contribution in [-0.2, 0) is 50.3 Å². The first-order chi connectivity index (χ1) is 59.6. The summed E-state index contributed by atoms with van der Waals surface area (Å²) >= 11 is 38.2. The van der Waals surface area contributed by atoms with Gasteiger partial charge in [0.2, 0.25) is 17.7 Å². The number of aromatic carboxylic acids is 3. The number of aromatic nitrogens is 6. The van der Waals surface area contributed by atoms with Crippen molar-refractivity contribution in [1.82, 2.24) is 44.0 Å². The van der Waals surface area contributed by atoms with Crippen LogP contribution in [0.2, 0.25) is 30.1 Å². The van der Waals surface area contributed by atoms with Crippen LogP contribution < -0.4 is 20.7 Å². The Morgan fingerprint density at radius 2 is 0.798 bits per heavy atom. The number of aryl methyl sites for hydroxylation is 2. The molecule has 9 aliphatic heterocycles. The minimum absolute atomic E-state index is 0.00429. The van der Waals surface area contributed by atoms with E-state index in [-0.39, 0.29) is 73.4 Å². The molecule has 0 radical (unpaired) electrons. The number of nitrogens with zero attached hydrogens (tertiary/aromatic N) is 9. The number of carbonyl (C=O) groups excluding carboxylic acids is 3. The summed E-state index contributed by atoms with van der Waals surface area (Å²) < 4.78 is 59.5. The number of ether oxygens (including phenoxy) is 1. The van der Waals surface area contributed by atoms with E-state index in [1.54, 1.807) is 105 Å². The largest absolute Gasteiger partial charge is 0.496 e. The zero-order valence-corrected chi connectivity index (χ0v) is 70.9. The molecule has 124 heavy (non-hydrogen) atoms. The Hall–Kier alpha value is -10.6. The van der Waals surface area contributed by atoms with E-state index in [9.17, 15) is 44.1 Å². The number of carboxylic acids is 3. The first-order valence-electron chi connectivity index (χ1n) is 41.4. The summed E-state index contributed by atoms with van der Waals surface area (Å²) in [4.78, 5) is 85.8. The highest BCUT2D eigenvalue weighted by Crippen LogP contribution is 2.69. The summed E-state index contributed by atoms with van der Waals surface area (Å²) in [6.07, 6.45) is 8.20. The molecule has 9 aromatic carbocycles. The lowest BCUT2D eigenvalue weighted by Gasteiger charge is -2.40. The Morgan fingerprint density at radius 1 is 0.444 bits per heavy atom. The van der Waals surface area contributed by atoms with Crippen LogP contribution in [0.15, 0.2) is 146 Å². The average Bonchev–Trinajstić information content (AvgIpc) is 1.51. The highest BCUT2D eigenvalue weighted by Gasteiger charge is 2.74. The number of amides is 3. The number of rotatable bonds is 13. The molecule has 6 N–H and O–H groups in total. The minimum Gasteiger partial charge on any atom is -0.496 e. The van der Waals surface area contributed by atoms with Gasteiger partial charge in [0.05, 0.1) is 68.0 Å². The van der Waals surface area contributed by atoms with Crippen molar-refractivity contribution in [2.24, 2.45) is 17.8 Å². The van der Waals surface area contributed by atoms with Crippen molar-refractivity contribution in [2.45, 2.75) is 142 Å². The number of fused-ring (bicyclic) bond motifs is 21. The third-order valence-corrected chi connectivity index (χ3v) is 30.3. The summed E-state index contributed by atoms with van der Waals surface area (Å²) in [6.45, 7) is 5.61. The van der Waals surface area contributed by atoms with Gasteiger partial charge < -0.3 is 36.0 Å². The molecule has 3 aliphatic carbocycles. The van der Waals surface area contributed by atoms with E-state index < -0.39 is 87.9 Å². The molecule has 24 rings (SSSR count). The van der Waals surface area contributed by atoms with E-state index in [1.165, 1.54) is 31.4 Å². The summed E-state index contributed by atoms with van der Waals surface area (Å²) in [7, 11) is 1.44. The Kier molecular flexibility index (Phi) is 18.2. The van der Waals surface area contributed by atoms with E-state index in [1.807, 2.05) is 44.4 Å². The molecule has 630 valence electrons. The van der Waals surface area contributed by atoms with Crippen LogP contribution in [-0.4, -0.2) is 140 Å². The van der Waals surface area contributed by atoms with Crippen LogP contribution in [0.25, 0.3) is 32.7 Å². The smallest absolute Gasteiger partial charge is 0.339 e. The van der Waals surface area contributed by atoms with Crippen LogP contribution in [0.4, 0.5) is 30.2 Å². The predicted molar refractivity (Wildman–Crippen MR) is 462 cm³/mol. The maximum atomic E-state index is 16.1. The predicted octanol–water partition coefficient (Wildman–Crippen LogP) is 18.6. The van der Waals surface area contributed by atoms with Gasteiger partial charge in [-0.2, -0.15) is 15.3 Å². The van der Waals surface area contributed by atoms with Gasteiger partial charge in [-0.1, -0.05) is 130 Å². The first kappa shape index (κ1) is 79.3. The molecule has 12 aromatic rings. The Morgan fingerprint density at radius 3 is 1.16 bits per heavy atom. The van der Waals surface area contributed by atoms with Gasteiger partial charge in [0.15, 0.2) is 0 Å². The molecule has 3 aromatic heterocycles. The molecule has 31 heteroatoms.